The van der Waals surface area contributed by atoms with E-state index >= 15 is 0 Å². The maximum absolute atomic E-state index is 12.9. The molecule has 0 aliphatic rings. The Morgan fingerprint density at radius 1 is 0.889 bits per heavy atom. The predicted molar refractivity (Wildman–Crippen MR) is 145 cm³/mol. The number of aryl methyl sites for hydroxylation is 1. The fraction of sp³-hybridized carbons (Fsp3) is 0.192. The number of ketones is 1. The number of hydrogen-bond donors (Lipinski definition) is 1. The molecule has 6 nitrogen and oxygen atoms in total. The van der Waals surface area contributed by atoms with E-state index in [1.54, 1.807) is 75.7 Å². The highest BCUT2D eigenvalue weighted by Gasteiger charge is 2.19. The first-order valence-corrected chi connectivity index (χ1v) is 12.6. The number of fused-ring (bicyclic) bond motifs is 1. The summed E-state index contributed by atoms with van der Waals surface area (Å²) < 4.78 is 3.40. The van der Waals surface area contributed by atoms with Gasteiger partial charge in [0, 0.05) is 30.7 Å². The Morgan fingerprint density at radius 2 is 1.56 bits per heavy atom. The standard InChI is InChI=1S/C26H22Cl4N4O2/c1-32(25(36)18-5-2-6-19(28)23(18)30)13-4-14-33-24-20(29)7-3-8-21(24)34(26(33)31)15-22(35)16-9-11-17(27)12-10-16/h2-3,5-12,31H,4,13-15H2,1H3. The van der Waals surface area contributed by atoms with Crippen LogP contribution in [-0.2, 0) is 13.1 Å². The minimum atomic E-state index is -0.243. The minimum absolute atomic E-state index is 0.0179. The predicted octanol–water partition coefficient (Wildman–Crippen LogP) is 6.58. The second-order valence-electron chi connectivity index (χ2n) is 8.28. The Hall–Kier alpha value is -2.77. The van der Waals surface area contributed by atoms with Gasteiger partial charge in [-0.3, -0.25) is 15.0 Å². The van der Waals surface area contributed by atoms with Gasteiger partial charge in [-0.2, -0.15) is 0 Å². The summed E-state index contributed by atoms with van der Waals surface area (Å²) in [4.78, 5) is 27.3. The van der Waals surface area contributed by atoms with E-state index in [0.29, 0.717) is 56.7 Å². The number of para-hydroxylation sites is 1. The van der Waals surface area contributed by atoms with Gasteiger partial charge in [-0.15, -0.1) is 0 Å². The maximum atomic E-state index is 12.9. The highest BCUT2D eigenvalue weighted by Crippen LogP contribution is 2.27. The number of halogens is 4. The van der Waals surface area contributed by atoms with Gasteiger partial charge in [-0.25, -0.2) is 0 Å². The van der Waals surface area contributed by atoms with E-state index in [9.17, 15) is 9.59 Å². The number of benzene rings is 3. The first kappa shape index (κ1) is 26.3. The van der Waals surface area contributed by atoms with Crippen molar-refractivity contribution >= 4 is 69.1 Å². The molecule has 186 valence electrons. The molecule has 4 aromatic rings. The Kier molecular flexibility index (Phi) is 8.10. The van der Waals surface area contributed by atoms with Crippen LogP contribution >= 0.6 is 46.4 Å². The van der Waals surface area contributed by atoms with Gasteiger partial charge in [0.05, 0.1) is 38.2 Å². The molecule has 1 aromatic heterocycles. The van der Waals surface area contributed by atoms with Gasteiger partial charge in [0.1, 0.15) is 0 Å². The molecular weight excluding hydrogens is 542 g/mol. The molecule has 0 unspecified atom stereocenters. The molecule has 0 fully saturated rings. The average Bonchev–Trinajstić information content (AvgIpc) is 3.12. The molecule has 0 aliphatic heterocycles. The normalized spacial score (nSPS) is 11.1. The lowest BCUT2D eigenvalue weighted by atomic mass is 10.1. The molecule has 0 saturated heterocycles. The van der Waals surface area contributed by atoms with Crippen molar-refractivity contribution in [2.75, 3.05) is 13.6 Å². The van der Waals surface area contributed by atoms with Crippen molar-refractivity contribution in [3.8, 4) is 0 Å². The summed E-state index contributed by atoms with van der Waals surface area (Å²) in [5.74, 6) is -0.388. The van der Waals surface area contributed by atoms with Crippen molar-refractivity contribution in [2.45, 2.75) is 19.5 Å². The number of rotatable bonds is 8. The van der Waals surface area contributed by atoms with Crippen molar-refractivity contribution in [3.05, 3.63) is 97.5 Å². The van der Waals surface area contributed by atoms with Crippen molar-refractivity contribution in [3.63, 3.8) is 0 Å². The number of carbonyl (C=O) groups is 2. The van der Waals surface area contributed by atoms with E-state index in [4.69, 9.17) is 51.8 Å². The van der Waals surface area contributed by atoms with E-state index in [0.717, 1.165) is 0 Å². The molecule has 0 atom stereocenters. The molecule has 4 rings (SSSR count). The van der Waals surface area contributed by atoms with Gasteiger partial charge in [0.25, 0.3) is 5.91 Å². The zero-order chi connectivity index (χ0) is 26.0. The van der Waals surface area contributed by atoms with Crippen molar-refractivity contribution < 1.29 is 9.59 Å². The largest absolute Gasteiger partial charge is 0.342 e. The van der Waals surface area contributed by atoms with Gasteiger partial charge < -0.3 is 14.0 Å². The fourth-order valence-corrected chi connectivity index (χ4v) is 4.82. The first-order chi connectivity index (χ1) is 17.2. The number of amides is 1. The number of Topliss-reactive ketones (excluding diaryl/α,β-unsaturated/α-hetero) is 1. The van der Waals surface area contributed by atoms with Gasteiger partial charge in [0.2, 0.25) is 5.62 Å². The number of nitrogens with zero attached hydrogens (tertiary/aromatic N) is 3. The van der Waals surface area contributed by atoms with Crippen LogP contribution in [0.3, 0.4) is 0 Å². The van der Waals surface area contributed by atoms with Gasteiger partial charge in [-0.1, -0.05) is 58.5 Å². The third-order valence-electron chi connectivity index (χ3n) is 5.91. The number of imidazole rings is 1. The number of aromatic nitrogens is 2. The zero-order valence-corrected chi connectivity index (χ0v) is 22.3. The van der Waals surface area contributed by atoms with Crippen LogP contribution in [0.1, 0.15) is 27.1 Å². The SMILES string of the molecule is CN(CCCn1c(=N)n(CC(=O)c2ccc(Cl)cc2)c2cccc(Cl)c21)C(=O)c1cccc(Cl)c1Cl. The second-order valence-corrected chi connectivity index (χ2v) is 9.91. The third kappa shape index (κ3) is 5.32. The van der Waals surface area contributed by atoms with Crippen molar-refractivity contribution in [1.29, 1.82) is 5.41 Å². The Labute approximate surface area is 228 Å². The van der Waals surface area contributed by atoms with Crippen LogP contribution in [0.5, 0.6) is 0 Å². The molecule has 0 radical (unpaired) electrons. The van der Waals surface area contributed by atoms with E-state index in [2.05, 4.69) is 0 Å². The Balaban J connectivity index is 1.55. The Morgan fingerprint density at radius 3 is 2.28 bits per heavy atom. The highest BCUT2D eigenvalue weighted by atomic mass is 35.5. The molecule has 0 aliphatic carbocycles. The van der Waals surface area contributed by atoms with Crippen LogP contribution in [0.2, 0.25) is 20.1 Å². The van der Waals surface area contributed by atoms with E-state index in [1.807, 2.05) is 6.07 Å². The molecular formula is C26H22Cl4N4O2. The number of carbonyl (C=O) groups excluding carboxylic acids is 2. The van der Waals surface area contributed by atoms with Gasteiger partial charge in [0.15, 0.2) is 5.78 Å². The first-order valence-electron chi connectivity index (χ1n) is 11.1. The van der Waals surface area contributed by atoms with E-state index in [-0.39, 0.29) is 28.9 Å². The van der Waals surface area contributed by atoms with Crippen LogP contribution in [0, 0.1) is 5.41 Å². The molecule has 36 heavy (non-hydrogen) atoms. The summed E-state index contributed by atoms with van der Waals surface area (Å²) >= 11 is 24.7. The second kappa shape index (κ2) is 11.1. The van der Waals surface area contributed by atoms with Gasteiger partial charge in [-0.05, 0) is 55.0 Å². The summed E-state index contributed by atoms with van der Waals surface area (Å²) in [5.41, 5.74) is 2.34. The summed E-state index contributed by atoms with van der Waals surface area (Å²) in [5, 5.41) is 10.4. The van der Waals surface area contributed by atoms with Crippen LogP contribution < -0.4 is 5.62 Å². The topological polar surface area (TPSA) is 71.1 Å². The molecule has 1 amide bonds. The number of hydrogen-bond acceptors (Lipinski definition) is 3. The molecule has 0 bridgehead atoms. The monoisotopic (exact) mass is 562 g/mol. The van der Waals surface area contributed by atoms with E-state index in [1.165, 1.54) is 0 Å². The molecule has 3 aromatic carbocycles. The Bertz CT molecular complexity index is 1510. The molecule has 0 spiro atoms. The van der Waals surface area contributed by atoms with Crippen LogP contribution in [0.25, 0.3) is 11.0 Å². The quantitative estimate of drug-likeness (QED) is 0.246. The van der Waals surface area contributed by atoms with Crippen LogP contribution in [0.15, 0.2) is 60.7 Å². The molecule has 1 N–H and O–H groups in total. The average molecular weight is 564 g/mol. The third-order valence-corrected chi connectivity index (χ3v) is 7.29. The molecule has 10 heteroatoms. The van der Waals surface area contributed by atoms with Crippen molar-refractivity contribution in [2.24, 2.45) is 0 Å². The summed E-state index contributed by atoms with van der Waals surface area (Å²) in [6, 6.07) is 17.0. The fourth-order valence-electron chi connectivity index (χ4n) is 4.05. The zero-order valence-electron chi connectivity index (χ0n) is 19.3. The molecule has 0 saturated carbocycles. The van der Waals surface area contributed by atoms with Crippen LogP contribution in [0.4, 0.5) is 0 Å². The lowest BCUT2D eigenvalue weighted by Gasteiger charge is -2.18. The highest BCUT2D eigenvalue weighted by molar-refractivity contribution is 6.43. The van der Waals surface area contributed by atoms with Crippen molar-refractivity contribution in [1.82, 2.24) is 14.0 Å². The summed E-state index contributed by atoms with van der Waals surface area (Å²) in [6.07, 6.45) is 0.548. The lowest BCUT2D eigenvalue weighted by Crippen LogP contribution is -2.31. The maximum Gasteiger partial charge on any atom is 0.255 e. The number of nitrogens with one attached hydrogen (secondary N) is 1. The minimum Gasteiger partial charge on any atom is -0.342 e. The summed E-state index contributed by atoms with van der Waals surface area (Å²) in [7, 11) is 1.69. The summed E-state index contributed by atoms with van der Waals surface area (Å²) in [6.45, 7) is 0.813. The van der Waals surface area contributed by atoms with Crippen LogP contribution in [-0.4, -0.2) is 39.3 Å². The lowest BCUT2D eigenvalue weighted by molar-refractivity contribution is 0.0791. The smallest absolute Gasteiger partial charge is 0.255 e. The van der Waals surface area contributed by atoms with Gasteiger partial charge >= 0.3 is 0 Å². The van der Waals surface area contributed by atoms with E-state index < -0.39 is 0 Å². The molecule has 1 heterocycles.